The molecule has 0 amide bonds. The number of aromatic nitrogens is 1. The number of carboxylic acids is 1. The molecule has 7 nitrogen and oxygen atoms in total. The fourth-order valence-electron chi connectivity index (χ4n) is 5.19. The van der Waals surface area contributed by atoms with Crippen molar-refractivity contribution in [2.24, 2.45) is 5.92 Å². The molecule has 1 aromatic carbocycles. The Bertz CT molecular complexity index is 1130. The maximum absolute atomic E-state index is 15.5. The van der Waals surface area contributed by atoms with E-state index in [9.17, 15) is 19.1 Å². The summed E-state index contributed by atoms with van der Waals surface area (Å²) in [6, 6.07) is 1.37. The van der Waals surface area contributed by atoms with E-state index in [1.165, 1.54) is 13.3 Å². The Morgan fingerprint density at radius 1 is 1.25 bits per heavy atom. The Balaban J connectivity index is 1.65. The first-order valence-electron chi connectivity index (χ1n) is 11.2. The van der Waals surface area contributed by atoms with Gasteiger partial charge in [0.25, 0.3) is 0 Å². The smallest absolute Gasteiger partial charge is 0.341 e. The molecule has 1 aromatic heterocycles. The van der Waals surface area contributed by atoms with Crippen molar-refractivity contribution in [2.45, 2.75) is 37.8 Å². The number of rotatable bonds is 7. The summed E-state index contributed by atoms with van der Waals surface area (Å²) in [6.45, 7) is 2.71. The molecule has 3 heterocycles. The maximum atomic E-state index is 15.5. The van der Waals surface area contributed by atoms with E-state index in [1.54, 1.807) is 4.57 Å². The van der Waals surface area contributed by atoms with Crippen molar-refractivity contribution in [3.05, 3.63) is 33.9 Å². The number of carboxylic acid groups (broad SMARTS) is 1. The molecule has 0 radical (unpaired) electrons. The fraction of sp³-hybridized carbons (Fsp3) is 0.565. The van der Waals surface area contributed by atoms with E-state index in [1.807, 2.05) is 4.90 Å². The number of methoxy groups -OCH3 is 1. The average Bonchev–Trinajstić information content (AvgIpc) is 3.67. The number of pyridine rings is 1. The van der Waals surface area contributed by atoms with E-state index >= 15 is 4.39 Å². The molecule has 2 aliphatic heterocycles. The van der Waals surface area contributed by atoms with E-state index in [-0.39, 0.29) is 41.4 Å². The highest BCUT2D eigenvalue weighted by atomic mass is 19.1. The highest BCUT2D eigenvalue weighted by molar-refractivity contribution is 5.97. The number of piperidine rings is 1. The minimum Gasteiger partial charge on any atom is -0.492 e. The molecule has 0 spiro atoms. The summed E-state index contributed by atoms with van der Waals surface area (Å²) < 4.78 is 36.0. The molecular formula is C23H27F2N3O4. The van der Waals surface area contributed by atoms with Crippen LogP contribution in [0.1, 0.15) is 42.1 Å². The van der Waals surface area contributed by atoms with Gasteiger partial charge in [-0.1, -0.05) is 0 Å². The number of ether oxygens (including phenoxy) is 1. The minimum absolute atomic E-state index is 0.0182. The van der Waals surface area contributed by atoms with Crippen molar-refractivity contribution in [1.82, 2.24) is 9.47 Å². The topological polar surface area (TPSA) is 74.8 Å². The number of halogens is 2. The summed E-state index contributed by atoms with van der Waals surface area (Å²) in [5.74, 6) is -1.44. The van der Waals surface area contributed by atoms with Crippen LogP contribution in [0.4, 0.5) is 14.5 Å². The van der Waals surface area contributed by atoms with E-state index in [4.69, 9.17) is 4.74 Å². The minimum atomic E-state index is -1.33. The molecule has 3 aliphatic rings. The number of nitrogens with zero attached hydrogens (tertiary/aromatic N) is 3. The molecule has 2 saturated heterocycles. The van der Waals surface area contributed by atoms with Gasteiger partial charge in [0.05, 0.1) is 24.7 Å². The third-order valence-electron chi connectivity index (χ3n) is 7.04. The Hall–Kier alpha value is -2.68. The molecule has 2 atom stereocenters. The van der Waals surface area contributed by atoms with Crippen LogP contribution < -0.4 is 15.1 Å². The number of fused-ring (bicyclic) bond motifs is 1. The lowest BCUT2D eigenvalue weighted by molar-refractivity contribution is 0.0695. The van der Waals surface area contributed by atoms with Crippen molar-refractivity contribution in [3.8, 4) is 5.75 Å². The molecule has 0 unspecified atom stereocenters. The van der Waals surface area contributed by atoms with Gasteiger partial charge in [-0.3, -0.25) is 14.1 Å². The van der Waals surface area contributed by atoms with Crippen molar-refractivity contribution in [2.75, 3.05) is 44.9 Å². The molecular weight excluding hydrogens is 420 g/mol. The van der Waals surface area contributed by atoms with Crippen molar-refractivity contribution < 1.29 is 23.4 Å². The average molecular weight is 447 g/mol. The molecule has 0 bridgehead atoms. The predicted molar refractivity (Wildman–Crippen MR) is 116 cm³/mol. The number of hydrogen-bond acceptors (Lipinski definition) is 5. The third-order valence-corrected chi connectivity index (χ3v) is 7.04. The molecule has 5 rings (SSSR count). The fourth-order valence-corrected chi connectivity index (χ4v) is 5.19. The van der Waals surface area contributed by atoms with Crippen LogP contribution in [0.3, 0.4) is 0 Å². The zero-order valence-corrected chi connectivity index (χ0v) is 18.0. The number of benzene rings is 1. The first kappa shape index (κ1) is 21.2. The number of hydrogen-bond donors (Lipinski definition) is 1. The number of alkyl halides is 1. The molecule has 1 saturated carbocycles. The first-order valence-corrected chi connectivity index (χ1v) is 11.2. The Morgan fingerprint density at radius 2 is 2.00 bits per heavy atom. The molecule has 9 heteroatoms. The molecule has 172 valence electrons. The van der Waals surface area contributed by atoms with Crippen LogP contribution in [-0.2, 0) is 0 Å². The second-order valence-electron chi connectivity index (χ2n) is 9.03. The van der Waals surface area contributed by atoms with Gasteiger partial charge < -0.3 is 19.3 Å². The third kappa shape index (κ3) is 3.52. The predicted octanol–water partition coefficient (Wildman–Crippen LogP) is 3.05. The van der Waals surface area contributed by atoms with E-state index in [0.29, 0.717) is 30.7 Å². The second-order valence-corrected chi connectivity index (χ2v) is 9.03. The van der Waals surface area contributed by atoms with Crippen molar-refractivity contribution in [1.29, 1.82) is 0 Å². The zero-order chi connectivity index (χ0) is 22.6. The van der Waals surface area contributed by atoms with Crippen LogP contribution in [0.2, 0.25) is 0 Å². The van der Waals surface area contributed by atoms with Crippen LogP contribution in [-0.4, -0.2) is 66.5 Å². The van der Waals surface area contributed by atoms with Crippen LogP contribution in [0.5, 0.6) is 5.75 Å². The number of aromatic carboxylic acids is 1. The van der Waals surface area contributed by atoms with E-state index < -0.39 is 17.2 Å². The Labute approximate surface area is 184 Å². The lowest BCUT2D eigenvalue weighted by atomic mass is 9.88. The van der Waals surface area contributed by atoms with Crippen molar-refractivity contribution in [3.63, 3.8) is 0 Å². The highest BCUT2D eigenvalue weighted by Gasteiger charge is 2.39. The van der Waals surface area contributed by atoms with Crippen molar-refractivity contribution >= 4 is 22.6 Å². The van der Waals surface area contributed by atoms with Gasteiger partial charge >= 0.3 is 5.97 Å². The lowest BCUT2D eigenvalue weighted by Gasteiger charge is -2.41. The van der Waals surface area contributed by atoms with Crippen LogP contribution in [0.25, 0.3) is 10.9 Å². The summed E-state index contributed by atoms with van der Waals surface area (Å²) in [6.07, 6.45) is 4.34. The largest absolute Gasteiger partial charge is 0.492 e. The van der Waals surface area contributed by atoms with Crippen LogP contribution in [0, 0.1) is 11.7 Å². The standard InChI is InChI=1S/C23H27F2N3O4/c1-32-22-19-15(21(29)16(23(30)31)11-28(19)14-2-3-14)10-17(25)20(22)27-7-5-13(4-6-24)18(12-27)26-8-9-26/h10-11,13-14,18H,2-9,12H2,1H3,(H,30,31)/t13-,18-/m1/s1. The summed E-state index contributed by atoms with van der Waals surface area (Å²) in [7, 11) is 1.45. The van der Waals surface area contributed by atoms with Crippen LogP contribution >= 0.6 is 0 Å². The zero-order valence-electron chi connectivity index (χ0n) is 18.0. The normalized spacial score (nSPS) is 23.5. The SMILES string of the molecule is COc1c(N2CC[C@@H](CCF)[C@H](N3CC3)C2)c(F)cc2c(=O)c(C(=O)O)cn(C3CC3)c12. The maximum Gasteiger partial charge on any atom is 0.341 e. The van der Waals surface area contributed by atoms with E-state index in [2.05, 4.69) is 4.90 Å². The molecule has 1 aliphatic carbocycles. The number of anilines is 1. The monoisotopic (exact) mass is 447 g/mol. The van der Waals surface area contributed by atoms with Gasteiger partial charge in [0.15, 0.2) is 11.6 Å². The first-order chi connectivity index (χ1) is 15.4. The van der Waals surface area contributed by atoms with Gasteiger partial charge in [-0.2, -0.15) is 0 Å². The molecule has 2 aromatic rings. The van der Waals surface area contributed by atoms with Gasteiger partial charge in [0, 0.05) is 44.5 Å². The van der Waals surface area contributed by atoms with Crippen LogP contribution in [0.15, 0.2) is 17.1 Å². The van der Waals surface area contributed by atoms with Gasteiger partial charge in [-0.15, -0.1) is 0 Å². The Morgan fingerprint density at radius 3 is 2.59 bits per heavy atom. The molecule has 1 N–H and O–H groups in total. The molecule has 3 fully saturated rings. The van der Waals surface area contributed by atoms with E-state index in [0.717, 1.165) is 38.4 Å². The summed E-state index contributed by atoms with van der Waals surface area (Å²) in [5, 5.41) is 9.50. The van der Waals surface area contributed by atoms with Gasteiger partial charge in [0.2, 0.25) is 5.43 Å². The Kier molecular flexibility index (Phi) is 5.31. The van der Waals surface area contributed by atoms with Gasteiger partial charge in [0.1, 0.15) is 11.3 Å². The second kappa shape index (κ2) is 8.03. The lowest BCUT2D eigenvalue weighted by Crippen LogP contribution is -2.48. The number of carbonyl (C=O) groups is 1. The molecule has 32 heavy (non-hydrogen) atoms. The summed E-state index contributed by atoms with van der Waals surface area (Å²) >= 11 is 0. The van der Waals surface area contributed by atoms with Gasteiger partial charge in [-0.05, 0) is 37.7 Å². The quantitative estimate of drug-likeness (QED) is 0.658. The summed E-state index contributed by atoms with van der Waals surface area (Å²) in [5.41, 5.74) is -0.345. The summed E-state index contributed by atoms with van der Waals surface area (Å²) in [4.78, 5) is 28.7. The highest BCUT2D eigenvalue weighted by Crippen LogP contribution is 2.45. The van der Waals surface area contributed by atoms with Gasteiger partial charge in [-0.25, -0.2) is 9.18 Å².